The monoisotopic (exact) mass is 322 g/mol. The van der Waals surface area contributed by atoms with E-state index in [9.17, 15) is 14.0 Å². The van der Waals surface area contributed by atoms with Crippen LogP contribution in [0.4, 0.5) is 10.1 Å². The Hall–Kier alpha value is -2.95. The number of halogens is 1. The number of aromatic nitrogens is 1. The molecule has 2 heterocycles. The summed E-state index contributed by atoms with van der Waals surface area (Å²) < 4.78 is 15.0. The predicted octanol–water partition coefficient (Wildman–Crippen LogP) is 3.51. The third-order valence-electron chi connectivity index (χ3n) is 4.47. The van der Waals surface area contributed by atoms with Crippen LogP contribution in [0.3, 0.4) is 0 Å². The van der Waals surface area contributed by atoms with Gasteiger partial charge in [0.15, 0.2) is 0 Å². The van der Waals surface area contributed by atoms with Crippen molar-refractivity contribution < 1.29 is 9.18 Å². The zero-order valence-electron chi connectivity index (χ0n) is 13.0. The molecule has 5 heteroatoms. The molecule has 2 aromatic carbocycles. The summed E-state index contributed by atoms with van der Waals surface area (Å²) in [7, 11) is 0. The third kappa shape index (κ3) is 2.21. The largest absolute Gasteiger partial charge is 0.343 e. The van der Waals surface area contributed by atoms with Gasteiger partial charge in [-0.25, -0.2) is 4.39 Å². The van der Waals surface area contributed by atoms with Gasteiger partial charge in [0.1, 0.15) is 11.4 Å². The Morgan fingerprint density at radius 3 is 2.71 bits per heavy atom. The van der Waals surface area contributed by atoms with Crippen LogP contribution in [0.25, 0.3) is 10.9 Å². The Balaban J connectivity index is 1.81. The molecule has 0 radical (unpaired) electrons. The summed E-state index contributed by atoms with van der Waals surface area (Å²) in [6.45, 7) is 2.06. The van der Waals surface area contributed by atoms with Crippen LogP contribution in [0.15, 0.2) is 53.5 Å². The van der Waals surface area contributed by atoms with E-state index in [1.807, 2.05) is 16.7 Å². The number of anilines is 1. The van der Waals surface area contributed by atoms with Crippen molar-refractivity contribution >= 4 is 22.5 Å². The van der Waals surface area contributed by atoms with Gasteiger partial charge in [0, 0.05) is 23.3 Å². The van der Waals surface area contributed by atoms with E-state index in [0.29, 0.717) is 11.1 Å². The van der Waals surface area contributed by atoms with Crippen molar-refractivity contribution in [3.8, 4) is 0 Å². The van der Waals surface area contributed by atoms with Crippen molar-refractivity contribution in [2.24, 2.45) is 0 Å². The van der Waals surface area contributed by atoms with Crippen molar-refractivity contribution in [1.29, 1.82) is 0 Å². The van der Waals surface area contributed by atoms with Crippen molar-refractivity contribution in [2.45, 2.75) is 19.4 Å². The van der Waals surface area contributed by atoms with Gasteiger partial charge in [0.25, 0.3) is 5.91 Å². The quantitative estimate of drug-likeness (QED) is 0.785. The number of carbonyl (C=O) groups is 1. The Morgan fingerprint density at radius 1 is 1.21 bits per heavy atom. The third-order valence-corrected chi connectivity index (χ3v) is 4.47. The lowest BCUT2D eigenvalue weighted by molar-refractivity contribution is 0.102. The lowest BCUT2D eigenvalue weighted by atomic mass is 10.1. The maximum Gasteiger partial charge on any atom is 0.261 e. The minimum atomic E-state index is -0.484. The molecule has 1 atom stereocenters. The molecular weight excluding hydrogens is 307 g/mol. The SMILES string of the molecule is C[C@H]1Cc2cccc3c(=O)c(C(=O)Nc4ccc(F)cc4)cn1c23. The molecule has 0 saturated heterocycles. The van der Waals surface area contributed by atoms with Crippen LogP contribution in [0, 0.1) is 5.82 Å². The minimum Gasteiger partial charge on any atom is -0.343 e. The molecule has 24 heavy (non-hydrogen) atoms. The first-order valence-electron chi connectivity index (χ1n) is 7.78. The summed E-state index contributed by atoms with van der Waals surface area (Å²) in [5.41, 5.74) is 2.30. The van der Waals surface area contributed by atoms with Gasteiger partial charge in [-0.3, -0.25) is 9.59 Å². The molecule has 0 bridgehead atoms. The fourth-order valence-electron chi connectivity index (χ4n) is 3.31. The fourth-order valence-corrected chi connectivity index (χ4v) is 3.31. The maximum atomic E-state index is 13.0. The van der Waals surface area contributed by atoms with E-state index in [-0.39, 0.29) is 22.9 Å². The van der Waals surface area contributed by atoms with Crippen LogP contribution in [-0.2, 0) is 6.42 Å². The first-order valence-corrected chi connectivity index (χ1v) is 7.78. The zero-order chi connectivity index (χ0) is 16.8. The topological polar surface area (TPSA) is 51.1 Å². The summed E-state index contributed by atoms with van der Waals surface area (Å²) in [6.07, 6.45) is 2.48. The van der Waals surface area contributed by atoms with E-state index in [1.165, 1.54) is 24.3 Å². The molecule has 0 aliphatic carbocycles. The lowest BCUT2D eigenvalue weighted by Gasteiger charge is -2.12. The molecular formula is C19H15FN2O2. The molecule has 1 amide bonds. The van der Waals surface area contributed by atoms with E-state index < -0.39 is 5.91 Å². The summed E-state index contributed by atoms with van der Waals surface area (Å²) in [4.78, 5) is 25.3. The van der Waals surface area contributed by atoms with Gasteiger partial charge in [-0.1, -0.05) is 12.1 Å². The van der Waals surface area contributed by atoms with Gasteiger partial charge < -0.3 is 9.88 Å². The molecule has 4 nitrogen and oxygen atoms in total. The molecule has 0 unspecified atom stereocenters. The average Bonchev–Trinajstić information content (AvgIpc) is 2.89. The van der Waals surface area contributed by atoms with E-state index in [4.69, 9.17) is 0 Å². The highest BCUT2D eigenvalue weighted by Crippen LogP contribution is 2.30. The van der Waals surface area contributed by atoms with Crippen LogP contribution in [-0.4, -0.2) is 10.5 Å². The van der Waals surface area contributed by atoms with E-state index in [1.54, 1.807) is 12.3 Å². The maximum absolute atomic E-state index is 13.0. The molecule has 0 fully saturated rings. The molecule has 1 aliphatic heterocycles. The van der Waals surface area contributed by atoms with E-state index in [2.05, 4.69) is 12.2 Å². The van der Waals surface area contributed by atoms with Crippen LogP contribution < -0.4 is 10.7 Å². The van der Waals surface area contributed by atoms with E-state index in [0.717, 1.165) is 17.5 Å². The van der Waals surface area contributed by atoms with Crippen molar-refractivity contribution in [3.05, 3.63) is 75.8 Å². The summed E-state index contributed by atoms with van der Waals surface area (Å²) in [5.74, 6) is -0.866. The smallest absolute Gasteiger partial charge is 0.261 e. The van der Waals surface area contributed by atoms with Gasteiger partial charge in [0.2, 0.25) is 5.43 Å². The number of hydrogen-bond acceptors (Lipinski definition) is 2. The first kappa shape index (κ1) is 14.6. The number of benzene rings is 2. The number of hydrogen-bond donors (Lipinski definition) is 1. The number of carbonyl (C=O) groups excluding carboxylic acids is 1. The van der Waals surface area contributed by atoms with Crippen LogP contribution in [0.1, 0.15) is 28.9 Å². The Kier molecular flexibility index (Phi) is 3.23. The molecule has 0 saturated carbocycles. The summed E-state index contributed by atoms with van der Waals surface area (Å²) in [6, 6.07) is 11.3. The highest BCUT2D eigenvalue weighted by molar-refractivity contribution is 6.06. The second-order valence-corrected chi connectivity index (χ2v) is 6.11. The number of nitrogens with one attached hydrogen (secondary N) is 1. The Labute approximate surface area is 137 Å². The molecule has 0 spiro atoms. The highest BCUT2D eigenvalue weighted by Gasteiger charge is 2.24. The predicted molar refractivity (Wildman–Crippen MR) is 91.0 cm³/mol. The molecule has 4 rings (SSSR count). The fraction of sp³-hybridized carbons (Fsp3) is 0.158. The van der Waals surface area contributed by atoms with Gasteiger partial charge in [-0.05, 0) is 49.2 Å². The van der Waals surface area contributed by atoms with Crippen molar-refractivity contribution in [1.82, 2.24) is 4.57 Å². The zero-order valence-corrected chi connectivity index (χ0v) is 13.0. The molecule has 1 aromatic heterocycles. The highest BCUT2D eigenvalue weighted by atomic mass is 19.1. The standard InChI is InChI=1S/C19H15FN2O2/c1-11-9-12-3-2-4-15-17(12)22(11)10-16(18(15)23)19(24)21-14-7-5-13(20)6-8-14/h2-8,10-11H,9H2,1H3,(H,21,24)/t11-/m0/s1. The van der Waals surface area contributed by atoms with Crippen LogP contribution in [0.5, 0.6) is 0 Å². The molecule has 1 aliphatic rings. The lowest BCUT2D eigenvalue weighted by Crippen LogP contribution is -2.23. The average molecular weight is 322 g/mol. The van der Waals surface area contributed by atoms with Gasteiger partial charge in [-0.15, -0.1) is 0 Å². The van der Waals surface area contributed by atoms with Gasteiger partial charge >= 0.3 is 0 Å². The van der Waals surface area contributed by atoms with Crippen LogP contribution >= 0.6 is 0 Å². The Bertz CT molecular complexity index is 1020. The van der Waals surface area contributed by atoms with Gasteiger partial charge in [-0.2, -0.15) is 0 Å². The molecule has 3 aromatic rings. The molecule has 120 valence electrons. The summed E-state index contributed by atoms with van der Waals surface area (Å²) in [5, 5.41) is 3.21. The number of rotatable bonds is 2. The van der Waals surface area contributed by atoms with Gasteiger partial charge in [0.05, 0.1) is 5.52 Å². The van der Waals surface area contributed by atoms with Crippen molar-refractivity contribution in [2.75, 3.05) is 5.32 Å². The number of nitrogens with zero attached hydrogens (tertiary/aromatic N) is 1. The normalized spacial score (nSPS) is 15.7. The number of pyridine rings is 1. The second-order valence-electron chi connectivity index (χ2n) is 6.11. The van der Waals surface area contributed by atoms with Crippen molar-refractivity contribution in [3.63, 3.8) is 0 Å². The van der Waals surface area contributed by atoms with Crippen LogP contribution in [0.2, 0.25) is 0 Å². The minimum absolute atomic E-state index is 0.0951. The molecule has 1 N–H and O–H groups in total. The first-order chi connectivity index (χ1) is 11.5. The number of amides is 1. The number of para-hydroxylation sites is 1. The Morgan fingerprint density at radius 2 is 1.96 bits per heavy atom. The summed E-state index contributed by atoms with van der Waals surface area (Å²) >= 11 is 0. The van der Waals surface area contributed by atoms with E-state index >= 15 is 0 Å². The second kappa shape index (κ2) is 5.30.